The zero-order valence-electron chi connectivity index (χ0n) is 17.6. The first-order valence-corrected chi connectivity index (χ1v) is 13.2. The van der Waals surface area contributed by atoms with Gasteiger partial charge in [0.15, 0.2) is 15.0 Å². The predicted octanol–water partition coefficient (Wildman–Crippen LogP) is 3.86. The lowest BCUT2D eigenvalue weighted by molar-refractivity contribution is 0.599. The van der Waals surface area contributed by atoms with Crippen LogP contribution in [0.1, 0.15) is 23.7 Å². The minimum atomic E-state index is -2.97. The molecule has 0 bridgehead atoms. The van der Waals surface area contributed by atoms with Gasteiger partial charge in [-0.15, -0.1) is 10.2 Å². The van der Waals surface area contributed by atoms with Gasteiger partial charge in [0.1, 0.15) is 5.82 Å². The van der Waals surface area contributed by atoms with Gasteiger partial charge in [-0.05, 0) is 18.6 Å². The third-order valence-corrected chi connectivity index (χ3v) is 8.52. The molecule has 4 aromatic rings. The molecule has 5 rings (SSSR count). The molecule has 0 saturated carbocycles. The van der Waals surface area contributed by atoms with Gasteiger partial charge in [0.05, 0.1) is 22.9 Å². The van der Waals surface area contributed by atoms with Crippen LogP contribution in [0.4, 0.5) is 0 Å². The Kier molecular flexibility index (Phi) is 5.60. The maximum absolute atomic E-state index is 11.9. The number of aromatic nitrogens is 5. The van der Waals surface area contributed by atoms with Crippen LogP contribution in [0.25, 0.3) is 16.9 Å². The molecule has 164 valence electrons. The molecular weight excluding hydrogens is 442 g/mol. The van der Waals surface area contributed by atoms with E-state index in [0.29, 0.717) is 12.2 Å². The van der Waals surface area contributed by atoms with Gasteiger partial charge in [0.25, 0.3) is 0 Å². The van der Waals surface area contributed by atoms with Crippen molar-refractivity contribution in [1.29, 1.82) is 0 Å². The Morgan fingerprint density at radius 3 is 2.44 bits per heavy atom. The molecule has 3 heterocycles. The third-order valence-electron chi connectivity index (χ3n) is 5.68. The smallest absolute Gasteiger partial charge is 0.191 e. The summed E-state index contributed by atoms with van der Waals surface area (Å²) in [5.41, 5.74) is 4.10. The molecule has 2 aromatic carbocycles. The maximum Gasteiger partial charge on any atom is 0.191 e. The molecule has 1 atom stereocenters. The van der Waals surface area contributed by atoms with Gasteiger partial charge in [-0.1, -0.05) is 60.3 Å². The Bertz CT molecular complexity index is 1330. The van der Waals surface area contributed by atoms with Crippen LogP contribution in [-0.4, -0.2) is 44.5 Å². The summed E-state index contributed by atoms with van der Waals surface area (Å²) in [6.45, 7) is 0. The van der Waals surface area contributed by atoms with Gasteiger partial charge < -0.3 is 4.57 Å². The van der Waals surface area contributed by atoms with Crippen LogP contribution in [0.2, 0.25) is 0 Å². The quantitative estimate of drug-likeness (QED) is 0.402. The van der Waals surface area contributed by atoms with Gasteiger partial charge in [-0.3, -0.25) is 0 Å². The lowest BCUT2D eigenvalue weighted by atomic mass is 10.1. The van der Waals surface area contributed by atoms with Crippen LogP contribution >= 0.6 is 11.8 Å². The van der Waals surface area contributed by atoms with Gasteiger partial charge in [0.2, 0.25) is 0 Å². The first kappa shape index (κ1) is 21.0. The molecular formula is C23H23N5O2S2. The van der Waals surface area contributed by atoms with E-state index in [1.807, 2.05) is 64.8 Å². The van der Waals surface area contributed by atoms with Crippen molar-refractivity contribution < 1.29 is 8.42 Å². The Balaban J connectivity index is 1.42. The molecule has 0 unspecified atom stereocenters. The summed E-state index contributed by atoms with van der Waals surface area (Å²) in [7, 11) is -1.05. The fourth-order valence-corrected chi connectivity index (χ4v) is 6.64. The molecule has 0 N–H and O–H groups in total. The van der Waals surface area contributed by atoms with E-state index in [9.17, 15) is 8.42 Å². The molecule has 9 heteroatoms. The average molecular weight is 466 g/mol. The predicted molar refractivity (Wildman–Crippen MR) is 126 cm³/mol. The van der Waals surface area contributed by atoms with Gasteiger partial charge >= 0.3 is 0 Å². The Morgan fingerprint density at radius 1 is 1.03 bits per heavy atom. The summed E-state index contributed by atoms with van der Waals surface area (Å²) in [4.78, 5) is 0. The summed E-state index contributed by atoms with van der Waals surface area (Å²) in [6, 6.07) is 20.2. The van der Waals surface area contributed by atoms with E-state index in [1.165, 1.54) is 0 Å². The topological polar surface area (TPSA) is 82.7 Å². The van der Waals surface area contributed by atoms with Crippen LogP contribution < -0.4 is 0 Å². The van der Waals surface area contributed by atoms with Crippen molar-refractivity contribution in [3.63, 3.8) is 0 Å². The third kappa shape index (κ3) is 4.22. The van der Waals surface area contributed by atoms with E-state index in [2.05, 4.69) is 28.5 Å². The number of thioether (sulfide) groups is 1. The molecule has 0 spiro atoms. The minimum absolute atomic E-state index is 0.0763. The van der Waals surface area contributed by atoms with Gasteiger partial charge in [-0.2, -0.15) is 5.10 Å². The lowest BCUT2D eigenvalue weighted by Crippen LogP contribution is -2.09. The van der Waals surface area contributed by atoms with Gasteiger partial charge in [-0.25, -0.2) is 13.1 Å². The minimum Gasteiger partial charge on any atom is -0.309 e. The fourth-order valence-electron chi connectivity index (χ4n) is 4.02. The highest BCUT2D eigenvalue weighted by Crippen LogP contribution is 2.32. The normalized spacial score (nSPS) is 17.6. The zero-order chi connectivity index (χ0) is 22.1. The first-order valence-electron chi connectivity index (χ1n) is 10.4. The lowest BCUT2D eigenvalue weighted by Gasteiger charge is -2.08. The standard InChI is InChI=1S/C23H23N5O2S2/c1-27-22(18-12-13-32(29,30)16-18)24-25-23(27)31-15-19-14-28(20-10-6-3-7-11-20)26-21(19)17-8-4-2-5-9-17/h2-11,14,18H,12-13,15-16H2,1H3/t18-/m1/s1. The number of hydrogen-bond acceptors (Lipinski definition) is 6. The largest absolute Gasteiger partial charge is 0.309 e. The molecule has 1 fully saturated rings. The number of para-hydroxylation sites is 1. The summed E-state index contributed by atoms with van der Waals surface area (Å²) >= 11 is 1.58. The highest BCUT2D eigenvalue weighted by Gasteiger charge is 2.32. The summed E-state index contributed by atoms with van der Waals surface area (Å²) < 4.78 is 27.6. The van der Waals surface area contributed by atoms with E-state index in [1.54, 1.807) is 11.8 Å². The molecule has 7 nitrogen and oxygen atoms in total. The Morgan fingerprint density at radius 2 is 1.75 bits per heavy atom. The van der Waals surface area contributed by atoms with Crippen molar-refractivity contribution in [2.24, 2.45) is 7.05 Å². The highest BCUT2D eigenvalue weighted by atomic mass is 32.2. The molecule has 2 aromatic heterocycles. The maximum atomic E-state index is 11.9. The van der Waals surface area contributed by atoms with Crippen molar-refractivity contribution in [2.75, 3.05) is 11.5 Å². The second-order valence-electron chi connectivity index (χ2n) is 7.94. The summed E-state index contributed by atoms with van der Waals surface area (Å²) in [6.07, 6.45) is 2.67. The number of sulfone groups is 1. The van der Waals surface area contributed by atoms with E-state index in [-0.39, 0.29) is 17.4 Å². The summed E-state index contributed by atoms with van der Waals surface area (Å²) in [5, 5.41) is 14.3. The van der Waals surface area contributed by atoms with Crippen molar-refractivity contribution in [1.82, 2.24) is 24.5 Å². The van der Waals surface area contributed by atoms with Crippen molar-refractivity contribution >= 4 is 21.6 Å². The van der Waals surface area contributed by atoms with Crippen LogP contribution in [0.5, 0.6) is 0 Å². The molecule has 0 radical (unpaired) electrons. The van der Waals surface area contributed by atoms with E-state index >= 15 is 0 Å². The number of benzene rings is 2. The average Bonchev–Trinajstić information content (AvgIpc) is 3.50. The molecule has 0 amide bonds. The second-order valence-corrected chi connectivity index (χ2v) is 11.1. The zero-order valence-corrected chi connectivity index (χ0v) is 19.3. The van der Waals surface area contributed by atoms with Crippen LogP contribution in [0.15, 0.2) is 72.0 Å². The van der Waals surface area contributed by atoms with Crippen molar-refractivity contribution in [3.8, 4) is 16.9 Å². The molecule has 1 aliphatic heterocycles. The highest BCUT2D eigenvalue weighted by molar-refractivity contribution is 7.98. The number of hydrogen-bond donors (Lipinski definition) is 0. The van der Waals surface area contributed by atoms with Crippen LogP contribution in [0.3, 0.4) is 0 Å². The summed E-state index contributed by atoms with van der Waals surface area (Å²) in [5.74, 6) is 1.73. The van der Waals surface area contributed by atoms with Gasteiger partial charge in [0, 0.05) is 36.0 Å². The molecule has 32 heavy (non-hydrogen) atoms. The molecule has 1 saturated heterocycles. The Hall–Kier alpha value is -2.91. The number of nitrogens with zero attached hydrogens (tertiary/aromatic N) is 5. The number of rotatable bonds is 6. The van der Waals surface area contributed by atoms with Crippen molar-refractivity contribution in [2.45, 2.75) is 23.2 Å². The monoisotopic (exact) mass is 465 g/mol. The van der Waals surface area contributed by atoms with Crippen LogP contribution in [-0.2, 0) is 22.6 Å². The van der Waals surface area contributed by atoms with E-state index in [0.717, 1.165) is 33.5 Å². The Labute approximate surface area is 191 Å². The second kappa shape index (κ2) is 8.55. The molecule has 1 aliphatic rings. The van der Waals surface area contributed by atoms with E-state index in [4.69, 9.17) is 5.10 Å². The van der Waals surface area contributed by atoms with Crippen molar-refractivity contribution in [3.05, 3.63) is 78.2 Å². The first-order chi connectivity index (χ1) is 15.5. The molecule has 0 aliphatic carbocycles. The fraction of sp³-hybridized carbons (Fsp3) is 0.261. The van der Waals surface area contributed by atoms with E-state index < -0.39 is 9.84 Å². The van der Waals surface area contributed by atoms with Crippen LogP contribution in [0, 0.1) is 0 Å². The SMILES string of the molecule is Cn1c(SCc2cn(-c3ccccc3)nc2-c2ccccc2)nnc1[C@@H]1CCS(=O)(=O)C1.